The van der Waals surface area contributed by atoms with Gasteiger partial charge >= 0.3 is 0 Å². The molecule has 0 saturated carbocycles. The number of nitrogens with one attached hydrogen (secondary N) is 1. The first-order valence-corrected chi connectivity index (χ1v) is 9.29. The van der Waals surface area contributed by atoms with Crippen molar-refractivity contribution in [3.8, 4) is 11.5 Å². The lowest BCUT2D eigenvalue weighted by Crippen LogP contribution is -2.31. The van der Waals surface area contributed by atoms with Gasteiger partial charge in [-0.25, -0.2) is 0 Å². The molecule has 1 N–H and O–H groups in total. The highest BCUT2D eigenvalue weighted by Gasteiger charge is 2.12. The van der Waals surface area contributed by atoms with E-state index in [0.717, 1.165) is 22.9 Å². The zero-order valence-electron chi connectivity index (χ0n) is 16.3. The Labute approximate surface area is 165 Å². The molecule has 144 valence electrons. The van der Waals surface area contributed by atoms with Gasteiger partial charge in [-0.15, -0.1) is 6.58 Å². The van der Waals surface area contributed by atoms with E-state index in [1.54, 1.807) is 7.11 Å². The maximum atomic E-state index is 12.3. The van der Waals surface area contributed by atoms with E-state index in [2.05, 4.69) is 36.2 Å². The summed E-state index contributed by atoms with van der Waals surface area (Å²) in [7, 11) is 1.59. The number of rotatable bonds is 8. The number of amides is 1. The van der Waals surface area contributed by atoms with Crippen LogP contribution in [-0.4, -0.2) is 19.6 Å². The summed E-state index contributed by atoms with van der Waals surface area (Å²) in [5, 5.41) is 5.32. The van der Waals surface area contributed by atoms with Gasteiger partial charge in [0.1, 0.15) is 0 Å². The first-order valence-electron chi connectivity index (χ1n) is 9.29. The van der Waals surface area contributed by atoms with Crippen molar-refractivity contribution in [2.24, 2.45) is 0 Å². The lowest BCUT2D eigenvalue weighted by molar-refractivity contribution is -0.123. The summed E-state index contributed by atoms with van der Waals surface area (Å²) in [5.74, 6) is 0.969. The van der Waals surface area contributed by atoms with Gasteiger partial charge in [-0.1, -0.05) is 48.5 Å². The van der Waals surface area contributed by atoms with Crippen LogP contribution in [0.4, 0.5) is 0 Å². The van der Waals surface area contributed by atoms with E-state index in [1.807, 2.05) is 49.4 Å². The summed E-state index contributed by atoms with van der Waals surface area (Å²) in [6.07, 6.45) is 2.58. The number of hydrogen-bond donors (Lipinski definition) is 1. The summed E-state index contributed by atoms with van der Waals surface area (Å²) in [6, 6.07) is 19.9. The molecule has 0 aromatic heterocycles. The average Bonchev–Trinajstić information content (AvgIpc) is 2.72. The summed E-state index contributed by atoms with van der Waals surface area (Å²) in [4.78, 5) is 12.3. The van der Waals surface area contributed by atoms with Crippen LogP contribution >= 0.6 is 0 Å². The van der Waals surface area contributed by atoms with Crippen molar-refractivity contribution in [1.82, 2.24) is 5.32 Å². The van der Waals surface area contributed by atoms with Crippen LogP contribution in [0.25, 0.3) is 10.8 Å². The predicted octanol–water partition coefficient (Wildman–Crippen LogP) is 4.83. The fraction of sp³-hybridized carbons (Fsp3) is 0.208. The highest BCUT2D eigenvalue weighted by Crippen LogP contribution is 2.28. The quantitative estimate of drug-likeness (QED) is 0.574. The third kappa shape index (κ3) is 4.71. The standard InChI is InChI=1S/C24H25NO3/c1-4-7-18-10-13-22(23(14-18)27-3)28-16-24(26)25-17(2)20-12-11-19-8-5-6-9-21(19)15-20/h4-6,8-15,17H,1,7,16H2,2-3H3,(H,25,26)/t17-/m1/s1. The molecule has 0 fully saturated rings. The van der Waals surface area contributed by atoms with E-state index >= 15 is 0 Å². The first kappa shape index (κ1) is 19.5. The van der Waals surface area contributed by atoms with Gasteiger partial charge in [-0.05, 0) is 53.4 Å². The van der Waals surface area contributed by atoms with Gasteiger partial charge in [0.2, 0.25) is 0 Å². The third-order valence-corrected chi connectivity index (χ3v) is 4.62. The van der Waals surface area contributed by atoms with Crippen molar-refractivity contribution in [1.29, 1.82) is 0 Å². The number of methoxy groups -OCH3 is 1. The number of benzene rings is 3. The monoisotopic (exact) mass is 375 g/mol. The van der Waals surface area contributed by atoms with Crippen molar-refractivity contribution >= 4 is 16.7 Å². The molecule has 0 aliphatic carbocycles. The number of hydrogen-bond acceptors (Lipinski definition) is 3. The Morgan fingerprint density at radius 2 is 1.86 bits per heavy atom. The van der Waals surface area contributed by atoms with E-state index < -0.39 is 0 Å². The van der Waals surface area contributed by atoms with Crippen LogP contribution in [0.2, 0.25) is 0 Å². The molecule has 3 aromatic rings. The Kier molecular flexibility index (Phi) is 6.33. The minimum Gasteiger partial charge on any atom is -0.493 e. The van der Waals surface area contributed by atoms with Crippen LogP contribution in [0.1, 0.15) is 24.1 Å². The molecule has 0 radical (unpaired) electrons. The minimum absolute atomic E-state index is 0.0743. The zero-order chi connectivity index (χ0) is 19.9. The molecule has 28 heavy (non-hydrogen) atoms. The van der Waals surface area contributed by atoms with E-state index in [-0.39, 0.29) is 18.6 Å². The first-order chi connectivity index (χ1) is 13.6. The summed E-state index contributed by atoms with van der Waals surface area (Å²) >= 11 is 0. The Balaban J connectivity index is 1.61. The number of allylic oxidation sites excluding steroid dienone is 1. The van der Waals surface area contributed by atoms with Crippen molar-refractivity contribution < 1.29 is 14.3 Å². The molecule has 4 heteroatoms. The van der Waals surface area contributed by atoms with Crippen LogP contribution in [0.5, 0.6) is 11.5 Å². The van der Waals surface area contributed by atoms with Gasteiger partial charge in [-0.2, -0.15) is 0 Å². The maximum absolute atomic E-state index is 12.3. The molecule has 1 amide bonds. The van der Waals surface area contributed by atoms with Crippen LogP contribution in [0.15, 0.2) is 73.3 Å². The number of carbonyl (C=O) groups excluding carboxylic acids is 1. The second-order valence-electron chi connectivity index (χ2n) is 6.66. The van der Waals surface area contributed by atoms with Crippen LogP contribution in [-0.2, 0) is 11.2 Å². The molecule has 0 heterocycles. The molecule has 0 aliphatic heterocycles. The number of ether oxygens (including phenoxy) is 2. The van der Waals surface area contributed by atoms with Gasteiger partial charge in [0.25, 0.3) is 5.91 Å². The molecule has 0 unspecified atom stereocenters. The highest BCUT2D eigenvalue weighted by atomic mass is 16.5. The second-order valence-corrected chi connectivity index (χ2v) is 6.66. The fourth-order valence-corrected chi connectivity index (χ4v) is 3.11. The summed E-state index contributed by atoms with van der Waals surface area (Å²) in [5.41, 5.74) is 2.13. The molecular weight excluding hydrogens is 350 g/mol. The molecule has 0 spiro atoms. The van der Waals surface area contributed by atoms with Crippen molar-refractivity contribution in [2.45, 2.75) is 19.4 Å². The van der Waals surface area contributed by atoms with Crippen molar-refractivity contribution in [3.05, 3.63) is 84.4 Å². The summed E-state index contributed by atoms with van der Waals surface area (Å²) < 4.78 is 11.0. The molecule has 3 rings (SSSR count). The molecule has 0 bridgehead atoms. The SMILES string of the molecule is C=CCc1ccc(OCC(=O)N[C@H](C)c2ccc3ccccc3c2)c(OC)c1. The lowest BCUT2D eigenvalue weighted by Gasteiger charge is -2.16. The Morgan fingerprint density at radius 3 is 2.61 bits per heavy atom. The van der Waals surface area contributed by atoms with Gasteiger partial charge < -0.3 is 14.8 Å². The van der Waals surface area contributed by atoms with Gasteiger partial charge in [0.05, 0.1) is 13.2 Å². The van der Waals surface area contributed by atoms with Crippen molar-refractivity contribution in [3.63, 3.8) is 0 Å². The largest absolute Gasteiger partial charge is 0.493 e. The number of carbonyl (C=O) groups is 1. The normalized spacial score (nSPS) is 11.6. The van der Waals surface area contributed by atoms with E-state index in [9.17, 15) is 4.79 Å². The lowest BCUT2D eigenvalue weighted by atomic mass is 10.0. The van der Waals surface area contributed by atoms with Crippen LogP contribution in [0, 0.1) is 0 Å². The topological polar surface area (TPSA) is 47.6 Å². The van der Waals surface area contributed by atoms with Gasteiger partial charge in [-0.3, -0.25) is 4.79 Å². The van der Waals surface area contributed by atoms with E-state index in [0.29, 0.717) is 11.5 Å². The van der Waals surface area contributed by atoms with Crippen molar-refractivity contribution in [2.75, 3.05) is 13.7 Å². The zero-order valence-corrected chi connectivity index (χ0v) is 16.3. The Morgan fingerprint density at radius 1 is 1.07 bits per heavy atom. The van der Waals surface area contributed by atoms with Crippen LogP contribution in [0.3, 0.4) is 0 Å². The second kappa shape index (κ2) is 9.09. The van der Waals surface area contributed by atoms with E-state index in [1.165, 1.54) is 5.39 Å². The third-order valence-electron chi connectivity index (χ3n) is 4.62. The molecule has 0 aliphatic rings. The minimum atomic E-state index is -0.183. The fourth-order valence-electron chi connectivity index (χ4n) is 3.11. The Bertz CT molecular complexity index is 981. The van der Waals surface area contributed by atoms with Gasteiger partial charge in [0, 0.05) is 0 Å². The molecule has 3 aromatic carbocycles. The average molecular weight is 375 g/mol. The van der Waals surface area contributed by atoms with Gasteiger partial charge in [0.15, 0.2) is 18.1 Å². The highest BCUT2D eigenvalue weighted by molar-refractivity contribution is 5.83. The molecule has 1 atom stereocenters. The van der Waals surface area contributed by atoms with E-state index in [4.69, 9.17) is 9.47 Å². The summed E-state index contributed by atoms with van der Waals surface area (Å²) in [6.45, 7) is 5.63. The Hall–Kier alpha value is -3.27. The smallest absolute Gasteiger partial charge is 0.258 e. The number of fused-ring (bicyclic) bond motifs is 1. The molecular formula is C24H25NO3. The molecule has 4 nitrogen and oxygen atoms in total. The predicted molar refractivity (Wildman–Crippen MR) is 113 cm³/mol. The maximum Gasteiger partial charge on any atom is 0.258 e. The van der Waals surface area contributed by atoms with Crippen LogP contribution < -0.4 is 14.8 Å². The molecule has 0 saturated heterocycles.